The number of rotatable bonds is 2. The van der Waals surface area contributed by atoms with Gasteiger partial charge >= 0.3 is 0 Å². The van der Waals surface area contributed by atoms with Crippen LogP contribution in [0.5, 0.6) is 5.75 Å². The second-order valence-corrected chi connectivity index (χ2v) is 4.28. The van der Waals surface area contributed by atoms with Crippen LogP contribution in [0.25, 0.3) is 10.1 Å². The molecule has 4 heteroatoms. The van der Waals surface area contributed by atoms with E-state index in [1.54, 1.807) is 12.1 Å². The summed E-state index contributed by atoms with van der Waals surface area (Å²) in [6.07, 6.45) is 0.605. The molecule has 0 radical (unpaired) electrons. The summed E-state index contributed by atoms with van der Waals surface area (Å²) >= 11 is 1.32. The molecule has 0 bridgehead atoms. The number of hydrogen-bond acceptors (Lipinski definition) is 4. The first kappa shape index (κ1) is 9.86. The molecule has 0 fully saturated rings. The number of hydrogen-bond donors (Lipinski definition) is 1. The fourth-order valence-electron chi connectivity index (χ4n) is 1.42. The topological polar surface area (TPSA) is 54.4 Å². The van der Waals surface area contributed by atoms with Crippen LogP contribution in [0.1, 0.15) is 27.0 Å². The van der Waals surface area contributed by atoms with E-state index in [4.69, 9.17) is 0 Å². The van der Waals surface area contributed by atoms with Gasteiger partial charge in [0.25, 0.3) is 0 Å². The maximum atomic E-state index is 11.2. The van der Waals surface area contributed by atoms with Crippen molar-refractivity contribution in [2.24, 2.45) is 0 Å². The van der Waals surface area contributed by atoms with Crippen molar-refractivity contribution in [2.75, 3.05) is 0 Å². The molecule has 0 saturated heterocycles. The zero-order valence-corrected chi connectivity index (χ0v) is 8.80. The number of carbonyl (C=O) groups excluding carboxylic acids is 2. The van der Waals surface area contributed by atoms with E-state index in [-0.39, 0.29) is 17.1 Å². The van der Waals surface area contributed by atoms with Gasteiger partial charge in [-0.3, -0.25) is 9.59 Å². The van der Waals surface area contributed by atoms with Crippen molar-refractivity contribution in [1.29, 1.82) is 0 Å². The van der Waals surface area contributed by atoms with E-state index in [9.17, 15) is 14.7 Å². The molecule has 0 aliphatic carbocycles. The van der Waals surface area contributed by atoms with Gasteiger partial charge in [-0.05, 0) is 25.1 Å². The minimum absolute atomic E-state index is 0.0347. The predicted molar refractivity (Wildman–Crippen MR) is 58.9 cm³/mol. The van der Waals surface area contributed by atoms with E-state index in [1.807, 2.05) is 0 Å². The molecule has 1 heterocycles. The van der Waals surface area contributed by atoms with Gasteiger partial charge in [-0.15, -0.1) is 11.3 Å². The average Bonchev–Trinajstić information content (AvgIpc) is 2.61. The number of aldehydes is 1. The van der Waals surface area contributed by atoms with Crippen molar-refractivity contribution >= 4 is 33.5 Å². The first-order chi connectivity index (χ1) is 7.13. The van der Waals surface area contributed by atoms with E-state index in [0.717, 1.165) is 4.70 Å². The Kier molecular flexibility index (Phi) is 2.28. The maximum absolute atomic E-state index is 11.2. The van der Waals surface area contributed by atoms with Crippen LogP contribution in [0.15, 0.2) is 18.2 Å². The van der Waals surface area contributed by atoms with Crippen LogP contribution in [-0.4, -0.2) is 17.2 Å². The average molecular weight is 220 g/mol. The highest BCUT2D eigenvalue weighted by molar-refractivity contribution is 7.20. The Morgan fingerprint density at radius 2 is 2.20 bits per heavy atom. The van der Waals surface area contributed by atoms with Gasteiger partial charge < -0.3 is 5.11 Å². The van der Waals surface area contributed by atoms with Crippen LogP contribution in [0.2, 0.25) is 0 Å². The molecule has 3 nitrogen and oxygen atoms in total. The highest BCUT2D eigenvalue weighted by atomic mass is 32.1. The standard InChI is InChI=1S/C11H8O3S/c1-6(13)11-4-7-8(5-12)9(14)2-3-10(7)15-11/h2-5,14H,1H3. The molecule has 76 valence electrons. The third-order valence-corrected chi connectivity index (χ3v) is 3.39. The number of benzene rings is 1. The molecule has 0 saturated carbocycles. The monoisotopic (exact) mass is 220 g/mol. The van der Waals surface area contributed by atoms with Crippen molar-refractivity contribution in [3.8, 4) is 5.75 Å². The quantitative estimate of drug-likeness (QED) is 0.625. The van der Waals surface area contributed by atoms with E-state index in [1.165, 1.54) is 24.3 Å². The minimum Gasteiger partial charge on any atom is -0.507 e. The molecular weight excluding hydrogens is 212 g/mol. The smallest absolute Gasteiger partial charge is 0.169 e. The molecule has 0 aliphatic heterocycles. The normalized spacial score (nSPS) is 10.5. The Balaban J connectivity index is 2.80. The Labute approximate surface area is 90.0 Å². The first-order valence-corrected chi connectivity index (χ1v) is 5.16. The third kappa shape index (κ3) is 1.53. The number of carbonyl (C=O) groups is 2. The highest BCUT2D eigenvalue weighted by Gasteiger charge is 2.11. The number of Topliss-reactive ketones (excluding diaryl/α,β-unsaturated/α-hetero) is 1. The van der Waals surface area contributed by atoms with Crippen molar-refractivity contribution in [3.63, 3.8) is 0 Å². The number of phenolic OH excluding ortho intramolecular Hbond substituents is 1. The minimum atomic E-state index is -0.0506. The lowest BCUT2D eigenvalue weighted by molar-refractivity contribution is 0.102. The molecule has 15 heavy (non-hydrogen) atoms. The van der Waals surface area contributed by atoms with Crippen molar-refractivity contribution < 1.29 is 14.7 Å². The Hall–Kier alpha value is -1.68. The molecule has 0 atom stereocenters. The van der Waals surface area contributed by atoms with Crippen LogP contribution < -0.4 is 0 Å². The molecule has 0 amide bonds. The van der Waals surface area contributed by atoms with Gasteiger partial charge in [0.05, 0.1) is 10.4 Å². The summed E-state index contributed by atoms with van der Waals surface area (Å²) in [5.74, 6) is -0.0852. The van der Waals surface area contributed by atoms with Crippen LogP contribution in [0.3, 0.4) is 0 Å². The van der Waals surface area contributed by atoms with Gasteiger partial charge in [0.1, 0.15) is 5.75 Å². The lowest BCUT2D eigenvalue weighted by Crippen LogP contribution is -1.84. The van der Waals surface area contributed by atoms with Crippen LogP contribution in [0, 0.1) is 0 Å². The largest absolute Gasteiger partial charge is 0.507 e. The lowest BCUT2D eigenvalue weighted by atomic mass is 10.1. The van der Waals surface area contributed by atoms with E-state index < -0.39 is 0 Å². The summed E-state index contributed by atoms with van der Waals surface area (Å²) in [7, 11) is 0. The molecule has 1 aromatic heterocycles. The number of phenols is 1. The van der Waals surface area contributed by atoms with E-state index >= 15 is 0 Å². The molecule has 1 aromatic carbocycles. The maximum Gasteiger partial charge on any atom is 0.169 e. The summed E-state index contributed by atoms with van der Waals surface area (Å²) in [5.41, 5.74) is 0.247. The van der Waals surface area contributed by atoms with Gasteiger partial charge in [-0.2, -0.15) is 0 Å². The molecule has 2 aromatic rings. The number of fused-ring (bicyclic) bond motifs is 1. The van der Waals surface area contributed by atoms with Gasteiger partial charge in [-0.25, -0.2) is 0 Å². The molecule has 1 N–H and O–H groups in total. The van der Waals surface area contributed by atoms with Crippen molar-refractivity contribution in [1.82, 2.24) is 0 Å². The fraction of sp³-hybridized carbons (Fsp3) is 0.0909. The molecular formula is C11H8O3S. The summed E-state index contributed by atoms with van der Waals surface area (Å²) in [5, 5.41) is 10.1. The molecule has 2 rings (SSSR count). The van der Waals surface area contributed by atoms with Crippen LogP contribution in [0.4, 0.5) is 0 Å². The summed E-state index contributed by atoms with van der Waals surface area (Å²) < 4.78 is 0.833. The van der Waals surface area contributed by atoms with E-state index in [0.29, 0.717) is 16.5 Å². The Bertz CT molecular complexity index is 554. The Morgan fingerprint density at radius 1 is 1.47 bits per heavy atom. The highest BCUT2D eigenvalue weighted by Crippen LogP contribution is 2.32. The van der Waals surface area contributed by atoms with E-state index in [2.05, 4.69) is 0 Å². The number of aromatic hydroxyl groups is 1. The molecule has 0 spiro atoms. The van der Waals surface area contributed by atoms with Crippen LogP contribution in [-0.2, 0) is 0 Å². The number of thiophene rings is 1. The first-order valence-electron chi connectivity index (χ1n) is 4.35. The number of ketones is 1. The zero-order chi connectivity index (χ0) is 11.0. The predicted octanol–water partition coefficient (Wildman–Crippen LogP) is 2.62. The lowest BCUT2D eigenvalue weighted by Gasteiger charge is -1.96. The van der Waals surface area contributed by atoms with Gasteiger partial charge in [0.2, 0.25) is 0 Å². The second kappa shape index (κ2) is 3.47. The summed E-state index contributed by atoms with van der Waals surface area (Å²) in [6.45, 7) is 1.48. The summed E-state index contributed by atoms with van der Waals surface area (Å²) in [6, 6.07) is 4.81. The Morgan fingerprint density at radius 3 is 2.80 bits per heavy atom. The molecule has 0 unspecified atom stereocenters. The van der Waals surface area contributed by atoms with Crippen LogP contribution >= 0.6 is 11.3 Å². The fourth-order valence-corrected chi connectivity index (χ4v) is 2.39. The van der Waals surface area contributed by atoms with Gasteiger partial charge in [0.15, 0.2) is 12.1 Å². The zero-order valence-electron chi connectivity index (χ0n) is 7.98. The third-order valence-electron chi connectivity index (χ3n) is 2.18. The van der Waals surface area contributed by atoms with Crippen molar-refractivity contribution in [2.45, 2.75) is 6.92 Å². The van der Waals surface area contributed by atoms with Crippen molar-refractivity contribution in [3.05, 3.63) is 28.6 Å². The molecule has 0 aliphatic rings. The summed E-state index contributed by atoms with van der Waals surface area (Å²) in [4.78, 5) is 22.5. The SMILES string of the molecule is CC(=O)c1cc2c(C=O)c(O)ccc2s1. The second-order valence-electron chi connectivity index (χ2n) is 3.19. The van der Waals surface area contributed by atoms with Gasteiger partial charge in [0, 0.05) is 10.1 Å². The van der Waals surface area contributed by atoms with Gasteiger partial charge in [-0.1, -0.05) is 0 Å².